The fourth-order valence-corrected chi connectivity index (χ4v) is 2.09. The number of aryl methyl sites for hydroxylation is 1. The molecule has 17 heavy (non-hydrogen) atoms. The van der Waals surface area contributed by atoms with Gasteiger partial charge in [-0.3, -0.25) is 0 Å². The maximum Gasteiger partial charge on any atom is 0.101 e. The van der Waals surface area contributed by atoms with Gasteiger partial charge in [-0.2, -0.15) is 0 Å². The Kier molecular flexibility index (Phi) is 6.71. The SMILES string of the molecule is C=CCCCCCC(NCC)c1coc(C)c1. The molecule has 1 aromatic heterocycles. The molecule has 1 rings (SSSR count). The topological polar surface area (TPSA) is 25.2 Å². The Morgan fingerprint density at radius 1 is 1.41 bits per heavy atom. The van der Waals surface area contributed by atoms with Crippen molar-refractivity contribution in [2.45, 2.75) is 52.0 Å². The lowest BCUT2D eigenvalue weighted by Crippen LogP contribution is -2.20. The second kappa shape index (κ2) is 8.13. The maximum atomic E-state index is 5.38. The molecule has 1 heterocycles. The van der Waals surface area contributed by atoms with Gasteiger partial charge in [-0.1, -0.05) is 25.8 Å². The molecule has 0 saturated heterocycles. The van der Waals surface area contributed by atoms with E-state index in [2.05, 4.69) is 24.9 Å². The lowest BCUT2D eigenvalue weighted by atomic mass is 10.0. The third kappa shape index (κ3) is 5.22. The molecular formula is C15H25NO. The van der Waals surface area contributed by atoms with Gasteiger partial charge in [-0.05, 0) is 38.8 Å². The monoisotopic (exact) mass is 235 g/mol. The van der Waals surface area contributed by atoms with Gasteiger partial charge in [-0.15, -0.1) is 6.58 Å². The zero-order chi connectivity index (χ0) is 12.5. The minimum atomic E-state index is 0.446. The number of hydrogen-bond donors (Lipinski definition) is 1. The molecule has 1 N–H and O–H groups in total. The van der Waals surface area contributed by atoms with Crippen LogP contribution in [0.5, 0.6) is 0 Å². The molecule has 0 radical (unpaired) electrons. The predicted octanol–water partition coefficient (Wildman–Crippen LogP) is 4.38. The van der Waals surface area contributed by atoms with Crippen LogP contribution in [0.3, 0.4) is 0 Å². The van der Waals surface area contributed by atoms with E-state index in [1.807, 2.05) is 19.3 Å². The molecule has 2 nitrogen and oxygen atoms in total. The summed E-state index contributed by atoms with van der Waals surface area (Å²) in [6, 6.07) is 2.58. The molecule has 0 aromatic carbocycles. The standard InChI is InChI=1S/C15H25NO/c1-4-6-7-8-9-10-15(16-5-2)14-11-13(3)17-12-14/h4,11-12,15-16H,1,5-10H2,2-3H3. The average Bonchev–Trinajstić information content (AvgIpc) is 2.74. The quantitative estimate of drug-likeness (QED) is 0.507. The fourth-order valence-electron chi connectivity index (χ4n) is 2.09. The van der Waals surface area contributed by atoms with Crippen LogP contribution in [0.1, 0.15) is 56.4 Å². The highest BCUT2D eigenvalue weighted by atomic mass is 16.3. The molecular weight excluding hydrogens is 210 g/mol. The first kappa shape index (κ1) is 14.0. The van der Waals surface area contributed by atoms with Crippen LogP contribution in [0.4, 0.5) is 0 Å². The summed E-state index contributed by atoms with van der Waals surface area (Å²) in [5.41, 5.74) is 1.29. The van der Waals surface area contributed by atoms with E-state index >= 15 is 0 Å². The Labute approximate surface area is 105 Å². The summed E-state index contributed by atoms with van der Waals surface area (Å²) in [7, 11) is 0. The lowest BCUT2D eigenvalue weighted by molar-refractivity contribution is 0.473. The first-order valence-electron chi connectivity index (χ1n) is 6.67. The zero-order valence-electron chi connectivity index (χ0n) is 11.2. The summed E-state index contributed by atoms with van der Waals surface area (Å²) in [5.74, 6) is 0.995. The van der Waals surface area contributed by atoms with Crippen molar-refractivity contribution >= 4 is 0 Å². The maximum absolute atomic E-state index is 5.38. The van der Waals surface area contributed by atoms with Gasteiger partial charge in [0.25, 0.3) is 0 Å². The summed E-state index contributed by atoms with van der Waals surface area (Å²) in [5, 5.41) is 3.52. The molecule has 0 fully saturated rings. The smallest absolute Gasteiger partial charge is 0.101 e. The molecule has 0 bridgehead atoms. The van der Waals surface area contributed by atoms with E-state index in [4.69, 9.17) is 4.42 Å². The number of rotatable bonds is 9. The largest absolute Gasteiger partial charge is 0.469 e. The Bertz CT molecular complexity index is 316. The van der Waals surface area contributed by atoms with E-state index in [1.54, 1.807) is 0 Å². The van der Waals surface area contributed by atoms with Gasteiger partial charge in [-0.25, -0.2) is 0 Å². The number of unbranched alkanes of at least 4 members (excludes halogenated alkanes) is 3. The van der Waals surface area contributed by atoms with E-state index in [9.17, 15) is 0 Å². The van der Waals surface area contributed by atoms with Crippen molar-refractivity contribution in [3.8, 4) is 0 Å². The van der Waals surface area contributed by atoms with Crippen molar-refractivity contribution in [2.75, 3.05) is 6.54 Å². The van der Waals surface area contributed by atoms with Crippen LogP contribution in [0, 0.1) is 6.92 Å². The average molecular weight is 235 g/mol. The third-order valence-electron chi connectivity index (χ3n) is 3.00. The summed E-state index contributed by atoms with van der Waals surface area (Å²) in [6.07, 6.45) is 10.0. The molecule has 1 unspecified atom stereocenters. The van der Waals surface area contributed by atoms with Crippen molar-refractivity contribution < 1.29 is 4.42 Å². The number of allylic oxidation sites excluding steroid dienone is 1. The minimum Gasteiger partial charge on any atom is -0.469 e. The van der Waals surface area contributed by atoms with E-state index in [1.165, 1.54) is 31.2 Å². The van der Waals surface area contributed by atoms with Crippen molar-refractivity contribution in [1.29, 1.82) is 0 Å². The summed E-state index contributed by atoms with van der Waals surface area (Å²) in [6.45, 7) is 8.90. The molecule has 0 spiro atoms. The second-order valence-corrected chi connectivity index (χ2v) is 4.53. The lowest BCUT2D eigenvalue weighted by Gasteiger charge is -2.15. The van der Waals surface area contributed by atoms with Crippen molar-refractivity contribution in [3.63, 3.8) is 0 Å². The Balaban J connectivity index is 2.35. The number of nitrogens with one attached hydrogen (secondary N) is 1. The number of hydrogen-bond acceptors (Lipinski definition) is 2. The van der Waals surface area contributed by atoms with Crippen molar-refractivity contribution in [3.05, 3.63) is 36.3 Å². The van der Waals surface area contributed by atoms with E-state index < -0.39 is 0 Å². The molecule has 0 aliphatic carbocycles. The summed E-state index contributed by atoms with van der Waals surface area (Å²) in [4.78, 5) is 0. The van der Waals surface area contributed by atoms with Gasteiger partial charge < -0.3 is 9.73 Å². The first-order valence-corrected chi connectivity index (χ1v) is 6.67. The molecule has 0 amide bonds. The molecule has 0 aliphatic rings. The van der Waals surface area contributed by atoms with E-state index in [-0.39, 0.29) is 0 Å². The van der Waals surface area contributed by atoms with Crippen LogP contribution in [-0.4, -0.2) is 6.54 Å². The fraction of sp³-hybridized carbons (Fsp3) is 0.600. The second-order valence-electron chi connectivity index (χ2n) is 4.53. The highest BCUT2D eigenvalue weighted by molar-refractivity contribution is 5.16. The molecule has 2 heteroatoms. The van der Waals surface area contributed by atoms with Gasteiger partial charge in [0.2, 0.25) is 0 Å². The van der Waals surface area contributed by atoms with Crippen LogP contribution >= 0.6 is 0 Å². The van der Waals surface area contributed by atoms with Crippen LogP contribution in [-0.2, 0) is 0 Å². The predicted molar refractivity (Wildman–Crippen MR) is 73.1 cm³/mol. The van der Waals surface area contributed by atoms with Gasteiger partial charge in [0.1, 0.15) is 5.76 Å². The van der Waals surface area contributed by atoms with Gasteiger partial charge in [0, 0.05) is 11.6 Å². The van der Waals surface area contributed by atoms with Gasteiger partial charge in [0.05, 0.1) is 6.26 Å². The third-order valence-corrected chi connectivity index (χ3v) is 3.00. The molecule has 1 atom stereocenters. The van der Waals surface area contributed by atoms with E-state index in [0.29, 0.717) is 6.04 Å². The Hall–Kier alpha value is -1.02. The molecule has 0 saturated carbocycles. The van der Waals surface area contributed by atoms with Crippen molar-refractivity contribution in [1.82, 2.24) is 5.32 Å². The van der Waals surface area contributed by atoms with Crippen LogP contribution < -0.4 is 5.32 Å². The highest BCUT2D eigenvalue weighted by Gasteiger charge is 2.11. The van der Waals surface area contributed by atoms with Crippen LogP contribution in [0.15, 0.2) is 29.4 Å². The summed E-state index contributed by atoms with van der Waals surface area (Å²) < 4.78 is 5.38. The van der Waals surface area contributed by atoms with Gasteiger partial charge in [0.15, 0.2) is 0 Å². The van der Waals surface area contributed by atoms with E-state index in [0.717, 1.165) is 18.7 Å². The Morgan fingerprint density at radius 3 is 2.82 bits per heavy atom. The van der Waals surface area contributed by atoms with Crippen LogP contribution in [0.25, 0.3) is 0 Å². The summed E-state index contributed by atoms with van der Waals surface area (Å²) >= 11 is 0. The molecule has 96 valence electrons. The number of furan rings is 1. The Morgan fingerprint density at radius 2 is 2.24 bits per heavy atom. The zero-order valence-corrected chi connectivity index (χ0v) is 11.2. The van der Waals surface area contributed by atoms with Gasteiger partial charge >= 0.3 is 0 Å². The normalized spacial score (nSPS) is 12.6. The highest BCUT2D eigenvalue weighted by Crippen LogP contribution is 2.22. The molecule has 0 aliphatic heterocycles. The van der Waals surface area contributed by atoms with Crippen molar-refractivity contribution in [2.24, 2.45) is 0 Å². The van der Waals surface area contributed by atoms with Crippen LogP contribution in [0.2, 0.25) is 0 Å². The molecule has 1 aromatic rings. The minimum absolute atomic E-state index is 0.446. The first-order chi connectivity index (χ1) is 8.27.